The zero-order valence-electron chi connectivity index (χ0n) is 15.5. The quantitative estimate of drug-likeness (QED) is 0.198. The molecule has 0 amide bonds. The first-order valence-electron chi connectivity index (χ1n) is 8.52. The second-order valence-electron chi connectivity index (χ2n) is 5.68. The summed E-state index contributed by atoms with van der Waals surface area (Å²) in [7, 11) is 0. The van der Waals surface area contributed by atoms with Crippen LogP contribution in [0.3, 0.4) is 0 Å². The summed E-state index contributed by atoms with van der Waals surface area (Å²) in [4.78, 5) is 24.6. The van der Waals surface area contributed by atoms with E-state index >= 15 is 0 Å². The number of hydrogen-bond donors (Lipinski definition) is 0. The molecule has 0 spiro atoms. The van der Waals surface area contributed by atoms with Crippen LogP contribution in [0.1, 0.15) is 98.2 Å². The molecule has 5 nitrogen and oxygen atoms in total. The maximum absolute atomic E-state index is 10.9. The van der Waals surface area contributed by atoms with Gasteiger partial charge in [-0.2, -0.15) is 0 Å². The molecule has 0 saturated carbocycles. The van der Waals surface area contributed by atoms with Crippen molar-refractivity contribution in [3.63, 3.8) is 0 Å². The number of carbonyl (C=O) groups excluding carboxylic acids is 1. The van der Waals surface area contributed by atoms with Crippen molar-refractivity contribution < 1.29 is 67.5 Å². The summed E-state index contributed by atoms with van der Waals surface area (Å²) in [6.07, 6.45) is 16.2. The maximum Gasteiger partial charge on any atom is 1.00 e. The molecule has 0 aromatic carbocycles. The number of carbonyl (C=O) groups is 1. The van der Waals surface area contributed by atoms with Gasteiger partial charge < -0.3 is 1.43 Å². The molecule has 22 heavy (non-hydrogen) atoms. The molecule has 0 heterocycles. The average Bonchev–Trinajstić information content (AvgIpc) is 2.43. The van der Waals surface area contributed by atoms with Gasteiger partial charge in [0, 0.05) is 6.42 Å². The van der Waals surface area contributed by atoms with Crippen LogP contribution >= 0.6 is 0 Å². The molecule has 0 aliphatic heterocycles. The van der Waals surface area contributed by atoms with Crippen molar-refractivity contribution in [3.05, 3.63) is 10.1 Å². The molecule has 0 saturated heterocycles. The van der Waals surface area contributed by atoms with Gasteiger partial charge in [0.25, 0.3) is 0 Å². The van der Waals surface area contributed by atoms with Gasteiger partial charge in [-0.1, -0.05) is 84.0 Å². The van der Waals surface area contributed by atoms with E-state index in [9.17, 15) is 14.9 Å². The zero-order valence-corrected chi connectivity index (χ0v) is 17.6. The van der Waals surface area contributed by atoms with Gasteiger partial charge in [0.05, 0.1) is 0 Å². The number of unbranched alkanes of at least 4 members (excludes halogenated alkanes) is 12. The summed E-state index contributed by atoms with van der Waals surface area (Å²) >= 11 is 0. The van der Waals surface area contributed by atoms with Crippen LogP contribution in [-0.4, -0.2) is 11.1 Å². The van der Waals surface area contributed by atoms with E-state index in [1.54, 1.807) is 0 Å². The van der Waals surface area contributed by atoms with E-state index in [4.69, 9.17) is 0 Å². The first-order chi connectivity index (χ1) is 10.2. The topological polar surface area (TPSA) is 69.4 Å². The molecule has 126 valence electrons. The molecule has 0 N–H and O–H groups in total. The summed E-state index contributed by atoms with van der Waals surface area (Å²) in [5.74, 6) is -0.733. The minimum Gasteiger partial charge on any atom is -1.00 e. The van der Waals surface area contributed by atoms with Crippen LogP contribution in [0.5, 0.6) is 0 Å². The van der Waals surface area contributed by atoms with Gasteiger partial charge in [0.2, 0.25) is 0 Å². The SMILES string of the molecule is CCCCCCCCCCCCCCCC(=O)O[N+](=O)[O-].[H-].[K+]. The molecule has 0 radical (unpaired) electrons. The Labute approximate surface area is 179 Å². The summed E-state index contributed by atoms with van der Waals surface area (Å²) in [6, 6.07) is 0. The van der Waals surface area contributed by atoms with Gasteiger partial charge in [-0.15, -0.1) is 10.1 Å². The van der Waals surface area contributed by atoms with Crippen molar-refractivity contribution in [2.24, 2.45) is 0 Å². The fourth-order valence-corrected chi connectivity index (χ4v) is 2.42. The molecule has 0 aliphatic rings. The largest absolute Gasteiger partial charge is 1.00 e. The molecule has 0 unspecified atom stereocenters. The minimum absolute atomic E-state index is 0. The van der Waals surface area contributed by atoms with Gasteiger partial charge in [0.1, 0.15) is 0 Å². The second kappa shape index (κ2) is 19.6. The second-order valence-corrected chi connectivity index (χ2v) is 5.68. The van der Waals surface area contributed by atoms with Crippen LogP contribution in [-0.2, 0) is 9.63 Å². The fraction of sp³-hybridized carbons (Fsp3) is 0.938. The van der Waals surface area contributed by atoms with E-state index in [-0.39, 0.29) is 59.2 Å². The molecule has 0 atom stereocenters. The summed E-state index contributed by atoms with van der Waals surface area (Å²) < 4.78 is 0. The molecule has 0 bridgehead atoms. The average molecular weight is 342 g/mol. The van der Waals surface area contributed by atoms with Gasteiger partial charge in [-0.05, 0) is 6.42 Å². The standard InChI is InChI=1S/C16H31NO4.K.H/c1-2-3-4-5-6-7-8-9-10-11-12-13-14-15-16(18)21-17(19)20;;/h2-15H2,1H3;;/q;+1;-1. The van der Waals surface area contributed by atoms with E-state index in [2.05, 4.69) is 11.8 Å². The summed E-state index contributed by atoms with van der Waals surface area (Å²) in [5, 5.41) is 8.87. The van der Waals surface area contributed by atoms with Crippen LogP contribution in [0.25, 0.3) is 0 Å². The molecular formula is C16H32KNO4. The van der Waals surface area contributed by atoms with Gasteiger partial charge in [-0.3, -0.25) is 4.79 Å². The Balaban J connectivity index is -0.00000200. The van der Waals surface area contributed by atoms with E-state index in [0.717, 1.165) is 12.8 Å². The third kappa shape index (κ3) is 20.5. The van der Waals surface area contributed by atoms with Crippen molar-refractivity contribution in [2.75, 3.05) is 0 Å². The van der Waals surface area contributed by atoms with E-state index in [1.165, 1.54) is 64.2 Å². The first kappa shape index (κ1) is 24.8. The molecule has 0 rings (SSSR count). The van der Waals surface area contributed by atoms with Gasteiger partial charge >= 0.3 is 62.4 Å². The monoisotopic (exact) mass is 341 g/mol. The van der Waals surface area contributed by atoms with E-state index in [0.29, 0.717) is 6.42 Å². The smallest absolute Gasteiger partial charge is 1.00 e. The van der Waals surface area contributed by atoms with Crippen LogP contribution < -0.4 is 51.4 Å². The van der Waals surface area contributed by atoms with Crippen molar-refractivity contribution in [1.82, 2.24) is 0 Å². The van der Waals surface area contributed by atoms with Crippen LogP contribution in [0.15, 0.2) is 0 Å². The third-order valence-corrected chi connectivity index (χ3v) is 3.66. The predicted molar refractivity (Wildman–Crippen MR) is 84.5 cm³/mol. The Hall–Kier alpha value is 0.506. The Bertz CT molecular complexity index is 281. The van der Waals surface area contributed by atoms with Crippen LogP contribution in [0.4, 0.5) is 0 Å². The van der Waals surface area contributed by atoms with Gasteiger partial charge in [0.15, 0.2) is 0 Å². The molecule has 6 heteroatoms. The predicted octanol–water partition coefficient (Wildman–Crippen LogP) is 2.32. The number of hydrogen-bond acceptors (Lipinski definition) is 4. The minimum atomic E-state index is -1.04. The normalized spacial score (nSPS) is 10.0. The van der Waals surface area contributed by atoms with Gasteiger partial charge in [-0.25, -0.2) is 4.84 Å². The molecule has 0 fully saturated rings. The van der Waals surface area contributed by atoms with E-state index < -0.39 is 11.1 Å². The molecule has 0 aromatic heterocycles. The van der Waals surface area contributed by atoms with Crippen molar-refractivity contribution in [2.45, 2.75) is 96.8 Å². The zero-order chi connectivity index (χ0) is 15.8. The van der Waals surface area contributed by atoms with Crippen molar-refractivity contribution >= 4 is 5.97 Å². The molecule has 0 aliphatic carbocycles. The molecular weight excluding hydrogens is 309 g/mol. The fourth-order valence-electron chi connectivity index (χ4n) is 2.42. The number of rotatable bonds is 15. The molecule has 0 aromatic rings. The Morgan fingerprint density at radius 3 is 1.59 bits per heavy atom. The van der Waals surface area contributed by atoms with Crippen LogP contribution in [0.2, 0.25) is 0 Å². The van der Waals surface area contributed by atoms with E-state index in [1.807, 2.05) is 0 Å². The van der Waals surface area contributed by atoms with Crippen molar-refractivity contribution in [3.8, 4) is 0 Å². The Morgan fingerprint density at radius 2 is 1.23 bits per heavy atom. The van der Waals surface area contributed by atoms with Crippen LogP contribution in [0, 0.1) is 10.1 Å². The number of nitrogens with zero attached hydrogens (tertiary/aromatic N) is 1. The summed E-state index contributed by atoms with van der Waals surface area (Å²) in [6.45, 7) is 2.24. The Kier molecular flexibility index (Phi) is 22.0. The third-order valence-electron chi connectivity index (χ3n) is 3.66. The maximum atomic E-state index is 10.9. The first-order valence-corrected chi connectivity index (χ1v) is 8.52. The summed E-state index contributed by atoms with van der Waals surface area (Å²) in [5.41, 5.74) is 0. The Morgan fingerprint density at radius 1 is 0.864 bits per heavy atom. The van der Waals surface area contributed by atoms with Crippen molar-refractivity contribution in [1.29, 1.82) is 0 Å².